The Labute approximate surface area is 140 Å². The van der Waals surface area contributed by atoms with E-state index in [1.54, 1.807) is 19.1 Å². The van der Waals surface area contributed by atoms with Crippen LogP contribution in [-0.4, -0.2) is 27.7 Å². The van der Waals surface area contributed by atoms with Gasteiger partial charge in [-0.15, -0.1) is 6.58 Å². The summed E-state index contributed by atoms with van der Waals surface area (Å²) in [6.07, 6.45) is 5.57. The third-order valence-corrected chi connectivity index (χ3v) is 7.11. The van der Waals surface area contributed by atoms with Crippen LogP contribution in [0.25, 0.3) is 0 Å². The summed E-state index contributed by atoms with van der Waals surface area (Å²) in [7, 11) is 0. The lowest BCUT2D eigenvalue weighted by molar-refractivity contribution is -0.138. The molecule has 0 bridgehead atoms. The molecular formula is C20H32O3. The van der Waals surface area contributed by atoms with Gasteiger partial charge in [-0.2, -0.15) is 0 Å². The normalized spacial score (nSPS) is 43.3. The maximum Gasteiger partial charge on any atom is 0.155 e. The molecule has 0 aromatic heterocycles. The Morgan fingerprint density at radius 3 is 2.65 bits per heavy atom. The van der Waals surface area contributed by atoms with Gasteiger partial charge < -0.3 is 10.2 Å². The fourth-order valence-corrected chi connectivity index (χ4v) is 4.83. The largest absolute Gasteiger partial charge is 0.393 e. The van der Waals surface area contributed by atoms with Crippen molar-refractivity contribution in [3.8, 4) is 0 Å². The molecule has 2 aliphatic carbocycles. The van der Waals surface area contributed by atoms with Gasteiger partial charge in [0.2, 0.25) is 0 Å². The Hall–Kier alpha value is -0.930. The summed E-state index contributed by atoms with van der Waals surface area (Å²) in [5, 5.41) is 21.0. The second-order valence-electron chi connectivity index (χ2n) is 8.60. The van der Waals surface area contributed by atoms with Crippen molar-refractivity contribution >= 4 is 5.78 Å². The summed E-state index contributed by atoms with van der Waals surface area (Å²) in [6.45, 7) is 14.0. The van der Waals surface area contributed by atoms with E-state index in [0.717, 1.165) is 12.0 Å². The maximum atomic E-state index is 12.2. The van der Waals surface area contributed by atoms with Gasteiger partial charge in [0.05, 0.1) is 11.7 Å². The van der Waals surface area contributed by atoms with Gasteiger partial charge in [0.1, 0.15) is 0 Å². The second-order valence-corrected chi connectivity index (χ2v) is 8.60. The minimum Gasteiger partial charge on any atom is -0.393 e. The van der Waals surface area contributed by atoms with E-state index >= 15 is 0 Å². The number of rotatable bonds is 4. The van der Waals surface area contributed by atoms with Crippen LogP contribution in [0.5, 0.6) is 0 Å². The molecule has 23 heavy (non-hydrogen) atoms. The number of aliphatic hydroxyl groups is 2. The fourth-order valence-electron chi connectivity index (χ4n) is 4.83. The number of ketones is 1. The van der Waals surface area contributed by atoms with Gasteiger partial charge in [0.15, 0.2) is 5.78 Å². The topological polar surface area (TPSA) is 57.5 Å². The highest BCUT2D eigenvalue weighted by atomic mass is 16.3. The highest BCUT2D eigenvalue weighted by Gasteiger charge is 2.57. The third kappa shape index (κ3) is 3.06. The Balaban J connectivity index is 2.40. The van der Waals surface area contributed by atoms with Crippen LogP contribution in [0.1, 0.15) is 60.3 Å². The van der Waals surface area contributed by atoms with Gasteiger partial charge in [-0.3, -0.25) is 4.79 Å². The molecule has 2 rings (SSSR count). The van der Waals surface area contributed by atoms with Crippen LogP contribution in [0.15, 0.2) is 24.3 Å². The van der Waals surface area contributed by atoms with E-state index in [-0.39, 0.29) is 34.6 Å². The van der Waals surface area contributed by atoms with Crippen molar-refractivity contribution in [3.63, 3.8) is 0 Å². The summed E-state index contributed by atoms with van der Waals surface area (Å²) < 4.78 is 0. The molecule has 0 aromatic rings. The highest BCUT2D eigenvalue weighted by molar-refractivity contribution is 5.92. The van der Waals surface area contributed by atoms with Gasteiger partial charge >= 0.3 is 0 Å². The second kappa shape index (κ2) is 5.86. The first kappa shape index (κ1) is 18.4. The quantitative estimate of drug-likeness (QED) is 0.777. The number of hydrogen-bond donors (Lipinski definition) is 2. The van der Waals surface area contributed by atoms with Crippen LogP contribution in [0, 0.1) is 22.7 Å². The van der Waals surface area contributed by atoms with E-state index in [1.165, 1.54) is 0 Å². The highest BCUT2D eigenvalue weighted by Crippen LogP contribution is 2.61. The first-order chi connectivity index (χ1) is 10.5. The van der Waals surface area contributed by atoms with Crippen molar-refractivity contribution < 1.29 is 15.0 Å². The lowest BCUT2D eigenvalue weighted by atomic mass is 9.46. The lowest BCUT2D eigenvalue weighted by Gasteiger charge is -2.59. The molecule has 0 amide bonds. The molecule has 1 saturated carbocycles. The summed E-state index contributed by atoms with van der Waals surface area (Å²) in [5.41, 5.74) is -0.156. The van der Waals surface area contributed by atoms with E-state index in [4.69, 9.17) is 0 Å². The first-order valence-electron chi connectivity index (χ1n) is 8.72. The molecule has 2 aliphatic rings. The van der Waals surface area contributed by atoms with Gasteiger partial charge in [-0.25, -0.2) is 0 Å². The standard InChI is InChI=1S/C20H32O3/c1-7-18(4,23)8-9-19(5)14(3)16(22)12-20(6)13(2)10-15(21)11-17(19)20/h7,10,14,16-17,22-23H,1,8-9,11-12H2,2-6H3/t14-,16+,17-,18+,19+,20+/m1/s1. The summed E-state index contributed by atoms with van der Waals surface area (Å²) in [5.74, 6) is 0.488. The van der Waals surface area contributed by atoms with Crippen molar-refractivity contribution in [2.24, 2.45) is 22.7 Å². The number of aliphatic hydroxyl groups excluding tert-OH is 1. The molecule has 2 N–H and O–H groups in total. The third-order valence-electron chi connectivity index (χ3n) is 7.11. The summed E-state index contributed by atoms with van der Waals surface area (Å²) in [6, 6.07) is 0. The van der Waals surface area contributed by atoms with Crippen molar-refractivity contribution in [1.29, 1.82) is 0 Å². The molecule has 0 aliphatic heterocycles. The zero-order valence-electron chi connectivity index (χ0n) is 15.2. The average Bonchev–Trinajstić information content (AvgIpc) is 2.47. The van der Waals surface area contributed by atoms with Gasteiger partial charge in [-0.1, -0.05) is 32.4 Å². The molecule has 3 nitrogen and oxygen atoms in total. The number of hydrogen-bond acceptors (Lipinski definition) is 3. The van der Waals surface area contributed by atoms with Crippen LogP contribution in [0.3, 0.4) is 0 Å². The van der Waals surface area contributed by atoms with Crippen LogP contribution in [-0.2, 0) is 4.79 Å². The average molecular weight is 320 g/mol. The van der Waals surface area contributed by atoms with Crippen molar-refractivity contribution in [2.45, 2.75) is 72.0 Å². The molecule has 0 unspecified atom stereocenters. The van der Waals surface area contributed by atoms with Gasteiger partial charge in [0.25, 0.3) is 0 Å². The van der Waals surface area contributed by atoms with Gasteiger partial charge in [-0.05, 0) is 61.9 Å². The van der Waals surface area contributed by atoms with Crippen molar-refractivity contribution in [2.75, 3.05) is 0 Å². The Kier molecular flexibility index (Phi) is 4.69. The Morgan fingerprint density at radius 1 is 1.48 bits per heavy atom. The first-order valence-corrected chi connectivity index (χ1v) is 8.72. The fraction of sp³-hybridized carbons (Fsp3) is 0.750. The number of carbonyl (C=O) groups excluding carboxylic acids is 1. The maximum absolute atomic E-state index is 12.2. The van der Waals surface area contributed by atoms with E-state index in [9.17, 15) is 15.0 Å². The lowest BCUT2D eigenvalue weighted by Crippen LogP contribution is -2.56. The molecular weight excluding hydrogens is 288 g/mol. The molecule has 1 fully saturated rings. The molecule has 0 aromatic carbocycles. The molecule has 0 radical (unpaired) electrons. The monoisotopic (exact) mass is 320 g/mol. The Morgan fingerprint density at radius 2 is 2.09 bits per heavy atom. The van der Waals surface area contributed by atoms with Crippen molar-refractivity contribution in [3.05, 3.63) is 24.3 Å². The van der Waals surface area contributed by atoms with E-state index in [2.05, 4.69) is 27.4 Å². The number of allylic oxidation sites excluding steroid dienone is 2. The van der Waals surface area contributed by atoms with E-state index in [0.29, 0.717) is 19.3 Å². The molecule has 0 heterocycles. The zero-order chi connectivity index (χ0) is 17.6. The van der Waals surface area contributed by atoms with Crippen molar-refractivity contribution in [1.82, 2.24) is 0 Å². The number of carbonyl (C=O) groups is 1. The minimum absolute atomic E-state index is 0.0971. The molecule has 6 atom stereocenters. The van der Waals surface area contributed by atoms with Crippen LogP contribution < -0.4 is 0 Å². The van der Waals surface area contributed by atoms with Crippen LogP contribution in [0.2, 0.25) is 0 Å². The smallest absolute Gasteiger partial charge is 0.155 e. The molecule has 130 valence electrons. The van der Waals surface area contributed by atoms with Crippen LogP contribution >= 0.6 is 0 Å². The van der Waals surface area contributed by atoms with Gasteiger partial charge in [0, 0.05) is 6.42 Å². The molecule has 3 heteroatoms. The zero-order valence-corrected chi connectivity index (χ0v) is 15.2. The van der Waals surface area contributed by atoms with Crippen LogP contribution in [0.4, 0.5) is 0 Å². The SMILES string of the molecule is C=C[C@](C)(O)CC[C@@]1(C)[C@H](C)[C@@H](O)C[C@@]2(C)C(C)=CC(=O)C[C@H]12. The molecule has 0 saturated heterocycles. The summed E-state index contributed by atoms with van der Waals surface area (Å²) in [4.78, 5) is 12.2. The minimum atomic E-state index is -0.912. The Bertz CT molecular complexity index is 533. The van der Waals surface area contributed by atoms with E-state index in [1.807, 2.05) is 6.92 Å². The molecule has 0 spiro atoms. The predicted molar refractivity (Wildman–Crippen MR) is 92.9 cm³/mol. The number of fused-ring (bicyclic) bond motifs is 1. The van der Waals surface area contributed by atoms with E-state index < -0.39 is 5.60 Å². The summed E-state index contributed by atoms with van der Waals surface area (Å²) >= 11 is 0. The predicted octanol–water partition coefficient (Wildman–Crippen LogP) is 3.65.